The summed E-state index contributed by atoms with van der Waals surface area (Å²) < 4.78 is 0. The molecule has 4 heteroatoms. The highest BCUT2D eigenvalue weighted by Crippen LogP contribution is 2.26. The van der Waals surface area contributed by atoms with E-state index in [-0.39, 0.29) is 5.54 Å². The Hall–Kier alpha value is 0.230. The van der Waals surface area contributed by atoms with Gasteiger partial charge in [-0.15, -0.1) is 0 Å². The average Bonchev–Trinajstić information content (AvgIpc) is 2.67. The maximum absolute atomic E-state index is 8.63. The summed E-state index contributed by atoms with van der Waals surface area (Å²) in [5.74, 6) is 2.39. The van der Waals surface area contributed by atoms with Crippen LogP contribution in [-0.4, -0.2) is 41.8 Å². The van der Waals surface area contributed by atoms with E-state index in [1.165, 1.54) is 12.2 Å². The second-order valence-corrected chi connectivity index (χ2v) is 5.10. The Morgan fingerprint density at radius 1 is 1.36 bits per heavy atom. The highest BCUT2D eigenvalue weighted by atomic mass is 32.2. The van der Waals surface area contributed by atoms with Gasteiger partial charge in [-0.1, -0.05) is 0 Å². The molecule has 0 bridgehead atoms. The molecular formula is C10H22N2OS. The van der Waals surface area contributed by atoms with Gasteiger partial charge in [-0.25, -0.2) is 0 Å². The molecule has 1 unspecified atom stereocenters. The standard InChI is InChI=1S/C10H22N2OS/c11-8-10(4-7-14-9-10)12-5-2-1-3-6-13/h12-13H,1-9,11H2. The molecule has 1 fully saturated rings. The van der Waals surface area contributed by atoms with Gasteiger partial charge < -0.3 is 16.2 Å². The number of aliphatic hydroxyl groups excluding tert-OH is 1. The van der Waals surface area contributed by atoms with Crippen molar-refractivity contribution < 1.29 is 5.11 Å². The molecule has 0 radical (unpaired) electrons. The summed E-state index contributed by atoms with van der Waals surface area (Å²) in [6, 6.07) is 0. The van der Waals surface area contributed by atoms with E-state index in [0.717, 1.165) is 38.1 Å². The monoisotopic (exact) mass is 218 g/mol. The Kier molecular flexibility index (Phi) is 5.86. The van der Waals surface area contributed by atoms with Gasteiger partial charge in [-0.2, -0.15) is 11.8 Å². The lowest BCUT2D eigenvalue weighted by Crippen LogP contribution is -2.51. The van der Waals surface area contributed by atoms with E-state index in [0.29, 0.717) is 6.61 Å². The molecule has 1 heterocycles. The lowest BCUT2D eigenvalue weighted by molar-refractivity contribution is 0.280. The van der Waals surface area contributed by atoms with Gasteiger partial charge in [-0.3, -0.25) is 0 Å². The summed E-state index contributed by atoms with van der Waals surface area (Å²) in [4.78, 5) is 0. The molecule has 14 heavy (non-hydrogen) atoms. The fraction of sp³-hybridized carbons (Fsp3) is 1.00. The van der Waals surface area contributed by atoms with Crippen LogP contribution in [-0.2, 0) is 0 Å². The van der Waals surface area contributed by atoms with Crippen molar-refractivity contribution in [3.05, 3.63) is 0 Å². The first-order valence-corrected chi connectivity index (χ1v) is 6.62. The number of unbranched alkanes of at least 4 members (excludes halogenated alkanes) is 2. The van der Waals surface area contributed by atoms with Crippen LogP contribution in [0.2, 0.25) is 0 Å². The van der Waals surface area contributed by atoms with Crippen LogP contribution < -0.4 is 11.1 Å². The number of hydrogen-bond acceptors (Lipinski definition) is 4. The number of thioether (sulfide) groups is 1. The zero-order valence-corrected chi connectivity index (χ0v) is 9.61. The second kappa shape index (κ2) is 6.67. The molecule has 84 valence electrons. The average molecular weight is 218 g/mol. The van der Waals surface area contributed by atoms with Crippen LogP contribution >= 0.6 is 11.8 Å². The lowest BCUT2D eigenvalue weighted by Gasteiger charge is -2.28. The predicted octanol–water partition coefficient (Wildman–Crippen LogP) is 0.573. The molecule has 0 spiro atoms. The minimum Gasteiger partial charge on any atom is -0.396 e. The predicted molar refractivity (Wildman–Crippen MR) is 62.7 cm³/mol. The summed E-state index contributed by atoms with van der Waals surface area (Å²) in [5, 5.41) is 12.2. The topological polar surface area (TPSA) is 58.3 Å². The maximum Gasteiger partial charge on any atom is 0.0431 e. The van der Waals surface area contributed by atoms with Gasteiger partial charge in [0.15, 0.2) is 0 Å². The highest BCUT2D eigenvalue weighted by molar-refractivity contribution is 7.99. The minimum atomic E-state index is 0.212. The molecule has 1 atom stereocenters. The SMILES string of the molecule is NCC1(NCCCCCO)CCSC1. The van der Waals surface area contributed by atoms with Crippen LogP contribution in [0.3, 0.4) is 0 Å². The van der Waals surface area contributed by atoms with Gasteiger partial charge >= 0.3 is 0 Å². The first-order valence-electron chi connectivity index (χ1n) is 5.47. The van der Waals surface area contributed by atoms with Crippen LogP contribution in [0.15, 0.2) is 0 Å². The van der Waals surface area contributed by atoms with Gasteiger partial charge in [0.2, 0.25) is 0 Å². The van der Waals surface area contributed by atoms with Crippen LogP contribution in [0.25, 0.3) is 0 Å². The molecule has 1 aliphatic rings. The van der Waals surface area contributed by atoms with Crippen molar-refractivity contribution in [3.63, 3.8) is 0 Å². The molecule has 0 aromatic heterocycles. The zero-order chi connectivity index (χ0) is 10.3. The van der Waals surface area contributed by atoms with Crippen molar-refractivity contribution >= 4 is 11.8 Å². The van der Waals surface area contributed by atoms with Gasteiger partial charge in [0.1, 0.15) is 0 Å². The molecule has 0 saturated carbocycles. The molecular weight excluding hydrogens is 196 g/mol. The van der Waals surface area contributed by atoms with Crippen molar-refractivity contribution in [1.82, 2.24) is 5.32 Å². The van der Waals surface area contributed by atoms with E-state index in [2.05, 4.69) is 5.32 Å². The Balaban J connectivity index is 2.08. The quantitative estimate of drug-likeness (QED) is 0.547. The lowest BCUT2D eigenvalue weighted by atomic mass is 9.99. The third kappa shape index (κ3) is 3.77. The number of aliphatic hydroxyl groups is 1. The fourth-order valence-electron chi connectivity index (χ4n) is 1.75. The normalized spacial score (nSPS) is 27.0. The number of rotatable bonds is 7. The highest BCUT2D eigenvalue weighted by Gasteiger charge is 2.31. The summed E-state index contributed by atoms with van der Waals surface area (Å²) >= 11 is 1.99. The van der Waals surface area contributed by atoms with Crippen molar-refractivity contribution in [2.45, 2.75) is 31.2 Å². The number of nitrogens with one attached hydrogen (secondary N) is 1. The third-order valence-corrected chi connectivity index (χ3v) is 4.08. The Morgan fingerprint density at radius 2 is 2.21 bits per heavy atom. The van der Waals surface area contributed by atoms with Crippen LogP contribution in [0.4, 0.5) is 0 Å². The molecule has 4 N–H and O–H groups in total. The fourth-order valence-corrected chi connectivity index (χ4v) is 3.18. The molecule has 0 aromatic rings. The molecule has 1 aliphatic heterocycles. The van der Waals surface area contributed by atoms with E-state index in [9.17, 15) is 0 Å². The molecule has 0 aromatic carbocycles. The third-order valence-electron chi connectivity index (χ3n) is 2.83. The van der Waals surface area contributed by atoms with E-state index in [1.54, 1.807) is 0 Å². The first-order chi connectivity index (χ1) is 6.83. The Bertz CT molecular complexity index is 149. The largest absolute Gasteiger partial charge is 0.396 e. The molecule has 0 aliphatic carbocycles. The smallest absolute Gasteiger partial charge is 0.0431 e. The maximum atomic E-state index is 8.63. The second-order valence-electron chi connectivity index (χ2n) is 4.00. The van der Waals surface area contributed by atoms with Crippen molar-refractivity contribution in [2.24, 2.45) is 5.73 Å². The summed E-state index contributed by atoms with van der Waals surface area (Å²) in [7, 11) is 0. The van der Waals surface area contributed by atoms with Gasteiger partial charge in [-0.05, 0) is 38.0 Å². The summed E-state index contributed by atoms with van der Waals surface area (Å²) in [6.07, 6.45) is 4.38. The summed E-state index contributed by atoms with van der Waals surface area (Å²) in [5.41, 5.74) is 6.01. The molecule has 0 amide bonds. The van der Waals surface area contributed by atoms with E-state index < -0.39 is 0 Å². The van der Waals surface area contributed by atoms with E-state index in [1.807, 2.05) is 11.8 Å². The molecule has 3 nitrogen and oxygen atoms in total. The number of hydrogen-bond donors (Lipinski definition) is 3. The van der Waals surface area contributed by atoms with Crippen LogP contribution in [0.5, 0.6) is 0 Å². The Labute approximate surface area is 90.8 Å². The van der Waals surface area contributed by atoms with Gasteiger partial charge in [0.05, 0.1) is 0 Å². The van der Waals surface area contributed by atoms with Gasteiger partial charge in [0, 0.05) is 24.4 Å². The van der Waals surface area contributed by atoms with Gasteiger partial charge in [0.25, 0.3) is 0 Å². The molecule has 1 rings (SSSR count). The van der Waals surface area contributed by atoms with E-state index >= 15 is 0 Å². The van der Waals surface area contributed by atoms with E-state index in [4.69, 9.17) is 10.8 Å². The first kappa shape index (κ1) is 12.3. The Morgan fingerprint density at radius 3 is 2.79 bits per heavy atom. The van der Waals surface area contributed by atoms with Crippen molar-refractivity contribution in [3.8, 4) is 0 Å². The van der Waals surface area contributed by atoms with Crippen LogP contribution in [0, 0.1) is 0 Å². The van der Waals surface area contributed by atoms with Crippen molar-refractivity contribution in [1.29, 1.82) is 0 Å². The zero-order valence-electron chi connectivity index (χ0n) is 8.80. The number of nitrogens with two attached hydrogens (primary N) is 1. The molecule has 1 saturated heterocycles. The minimum absolute atomic E-state index is 0.212. The van der Waals surface area contributed by atoms with Crippen LogP contribution in [0.1, 0.15) is 25.7 Å². The van der Waals surface area contributed by atoms with Crippen molar-refractivity contribution in [2.75, 3.05) is 31.2 Å². The summed E-state index contributed by atoms with van der Waals surface area (Å²) in [6.45, 7) is 2.11.